The fourth-order valence-corrected chi connectivity index (χ4v) is 6.96. The maximum Gasteiger partial charge on any atom is 0.338 e. The first-order valence-electron chi connectivity index (χ1n) is 10.8. The molecule has 0 atom stereocenters. The number of rotatable bonds is 7. The first-order valence-corrected chi connectivity index (χ1v) is 13.0. The Bertz CT molecular complexity index is 1180. The molecule has 9 nitrogen and oxygen atoms in total. The highest BCUT2D eigenvalue weighted by Gasteiger charge is 2.28. The molecule has 1 aromatic heterocycles. The number of hydrogen-bond acceptors (Lipinski definition) is 7. The fourth-order valence-electron chi connectivity index (χ4n) is 4.13. The number of thiophene rings is 1. The molecule has 1 saturated heterocycles. The van der Waals surface area contributed by atoms with Gasteiger partial charge in [-0.1, -0.05) is 0 Å². The smallest absolute Gasteiger partial charge is 0.338 e. The Labute approximate surface area is 196 Å². The standard InChI is InChI=1S/C22H25N3O6S2/c23-20(27)19-16-5-1-2-6-17(16)32-21(19)24-18(26)13-31-22(28)14-7-9-15(10-8-14)33(29,30)25-11-3-4-12-25/h7-10H,1-6,11-13H2,(H2,23,27)(H,24,26). The number of primary amides is 1. The predicted octanol–water partition coefficient (Wildman–Crippen LogP) is 2.31. The van der Waals surface area contributed by atoms with Gasteiger partial charge in [-0.25, -0.2) is 13.2 Å². The summed E-state index contributed by atoms with van der Waals surface area (Å²) in [5.74, 6) is -1.93. The fraction of sp³-hybridized carbons (Fsp3) is 0.409. The van der Waals surface area contributed by atoms with E-state index in [9.17, 15) is 22.8 Å². The van der Waals surface area contributed by atoms with Crippen molar-refractivity contribution < 1.29 is 27.5 Å². The maximum absolute atomic E-state index is 12.6. The Balaban J connectivity index is 1.37. The van der Waals surface area contributed by atoms with Crippen molar-refractivity contribution >= 4 is 44.1 Å². The van der Waals surface area contributed by atoms with Crippen molar-refractivity contribution in [3.63, 3.8) is 0 Å². The first-order chi connectivity index (χ1) is 15.8. The Hall–Kier alpha value is -2.76. The van der Waals surface area contributed by atoms with Gasteiger partial charge in [0.15, 0.2) is 6.61 Å². The Morgan fingerprint density at radius 2 is 1.70 bits per heavy atom. The molecule has 2 aromatic rings. The molecule has 176 valence electrons. The normalized spacial score (nSPS) is 16.2. The number of aryl methyl sites for hydroxylation is 1. The van der Waals surface area contributed by atoms with Crippen molar-refractivity contribution in [1.29, 1.82) is 0 Å². The van der Waals surface area contributed by atoms with E-state index < -0.39 is 34.4 Å². The minimum Gasteiger partial charge on any atom is -0.452 e. The Morgan fingerprint density at radius 1 is 1.03 bits per heavy atom. The third kappa shape index (κ3) is 4.94. The van der Waals surface area contributed by atoms with Crippen molar-refractivity contribution in [2.75, 3.05) is 25.0 Å². The van der Waals surface area contributed by atoms with E-state index in [2.05, 4.69) is 5.32 Å². The highest BCUT2D eigenvalue weighted by atomic mass is 32.2. The molecule has 33 heavy (non-hydrogen) atoms. The van der Waals surface area contributed by atoms with Gasteiger partial charge in [0.1, 0.15) is 5.00 Å². The second-order valence-corrected chi connectivity index (χ2v) is 11.1. The second-order valence-electron chi connectivity index (χ2n) is 8.04. The highest BCUT2D eigenvalue weighted by Crippen LogP contribution is 2.37. The number of nitrogens with one attached hydrogen (secondary N) is 1. The molecule has 2 amide bonds. The lowest BCUT2D eigenvalue weighted by Gasteiger charge is -2.15. The molecule has 1 aromatic carbocycles. The number of anilines is 1. The van der Waals surface area contributed by atoms with Crippen LogP contribution in [0.1, 0.15) is 56.8 Å². The van der Waals surface area contributed by atoms with Gasteiger partial charge in [0.2, 0.25) is 10.0 Å². The van der Waals surface area contributed by atoms with E-state index >= 15 is 0 Å². The van der Waals surface area contributed by atoms with Crippen LogP contribution in [0, 0.1) is 0 Å². The first kappa shape index (κ1) is 23.4. The van der Waals surface area contributed by atoms with Crippen molar-refractivity contribution in [2.45, 2.75) is 43.4 Å². The number of amides is 2. The minimum absolute atomic E-state index is 0.110. The molecule has 1 aliphatic heterocycles. The summed E-state index contributed by atoms with van der Waals surface area (Å²) < 4.78 is 31.6. The lowest BCUT2D eigenvalue weighted by Crippen LogP contribution is -2.27. The van der Waals surface area contributed by atoms with Crippen LogP contribution < -0.4 is 11.1 Å². The topological polar surface area (TPSA) is 136 Å². The number of esters is 1. The van der Waals surface area contributed by atoms with Gasteiger partial charge in [0.25, 0.3) is 11.8 Å². The monoisotopic (exact) mass is 491 g/mol. The Morgan fingerprint density at radius 3 is 2.36 bits per heavy atom. The number of hydrogen-bond donors (Lipinski definition) is 2. The van der Waals surface area contributed by atoms with Crippen LogP contribution >= 0.6 is 11.3 Å². The molecule has 0 bridgehead atoms. The number of carbonyl (C=O) groups excluding carboxylic acids is 3. The zero-order chi connectivity index (χ0) is 23.6. The van der Waals surface area contributed by atoms with Gasteiger partial charge in [0.05, 0.1) is 16.0 Å². The van der Waals surface area contributed by atoms with Crippen molar-refractivity contribution in [3.05, 3.63) is 45.8 Å². The molecular weight excluding hydrogens is 466 g/mol. The second kappa shape index (κ2) is 9.62. The summed E-state index contributed by atoms with van der Waals surface area (Å²) in [4.78, 5) is 37.7. The van der Waals surface area contributed by atoms with Crippen molar-refractivity contribution in [3.8, 4) is 0 Å². The van der Waals surface area contributed by atoms with E-state index in [-0.39, 0.29) is 10.5 Å². The number of nitrogens with zero attached hydrogens (tertiary/aromatic N) is 1. The molecule has 1 fully saturated rings. The largest absolute Gasteiger partial charge is 0.452 e. The number of ether oxygens (including phenoxy) is 1. The number of sulfonamides is 1. The number of benzene rings is 1. The van der Waals surface area contributed by atoms with Crippen LogP contribution in [-0.2, 0) is 32.4 Å². The van der Waals surface area contributed by atoms with Crippen LogP contribution in [-0.4, -0.2) is 50.2 Å². The lowest BCUT2D eigenvalue weighted by atomic mass is 9.95. The summed E-state index contributed by atoms with van der Waals surface area (Å²) in [5, 5.41) is 3.01. The van der Waals surface area contributed by atoms with E-state index in [4.69, 9.17) is 10.5 Å². The third-order valence-corrected chi connectivity index (χ3v) is 8.92. The van der Waals surface area contributed by atoms with Gasteiger partial charge in [-0.05, 0) is 68.4 Å². The number of carbonyl (C=O) groups is 3. The molecular formula is C22H25N3O6S2. The van der Waals surface area contributed by atoms with E-state index in [1.54, 1.807) is 0 Å². The molecule has 0 spiro atoms. The zero-order valence-electron chi connectivity index (χ0n) is 18.0. The van der Waals surface area contributed by atoms with E-state index in [1.165, 1.54) is 39.9 Å². The van der Waals surface area contributed by atoms with Gasteiger partial charge >= 0.3 is 5.97 Å². The highest BCUT2D eigenvalue weighted by molar-refractivity contribution is 7.89. The minimum atomic E-state index is -3.57. The summed E-state index contributed by atoms with van der Waals surface area (Å²) in [5.41, 5.74) is 6.89. The van der Waals surface area contributed by atoms with Gasteiger partial charge in [-0.3, -0.25) is 9.59 Å². The van der Waals surface area contributed by atoms with Crippen LogP contribution in [0.25, 0.3) is 0 Å². The van der Waals surface area contributed by atoms with Gasteiger partial charge < -0.3 is 15.8 Å². The molecule has 3 N–H and O–H groups in total. The summed E-state index contributed by atoms with van der Waals surface area (Å²) in [6.45, 7) is 0.436. The quantitative estimate of drug-likeness (QED) is 0.571. The van der Waals surface area contributed by atoms with Crippen molar-refractivity contribution in [2.24, 2.45) is 5.73 Å². The van der Waals surface area contributed by atoms with Gasteiger partial charge in [0, 0.05) is 18.0 Å². The molecule has 2 heterocycles. The lowest BCUT2D eigenvalue weighted by molar-refractivity contribution is -0.119. The van der Waals surface area contributed by atoms with E-state index in [0.717, 1.165) is 49.0 Å². The molecule has 2 aliphatic rings. The summed E-state index contributed by atoms with van der Waals surface area (Å²) in [6.07, 6.45) is 5.25. The average molecular weight is 492 g/mol. The van der Waals surface area contributed by atoms with E-state index in [0.29, 0.717) is 23.7 Å². The van der Waals surface area contributed by atoms with Crippen molar-refractivity contribution in [1.82, 2.24) is 4.31 Å². The van der Waals surface area contributed by atoms with Crippen LogP contribution in [0.2, 0.25) is 0 Å². The average Bonchev–Trinajstić information content (AvgIpc) is 3.46. The number of fused-ring (bicyclic) bond motifs is 1. The molecule has 4 rings (SSSR count). The molecule has 0 radical (unpaired) electrons. The predicted molar refractivity (Wildman–Crippen MR) is 123 cm³/mol. The number of nitrogens with two attached hydrogens (primary N) is 1. The molecule has 1 aliphatic carbocycles. The Kier molecular flexibility index (Phi) is 6.82. The molecule has 0 saturated carbocycles. The zero-order valence-corrected chi connectivity index (χ0v) is 19.6. The molecule has 0 unspecified atom stereocenters. The van der Waals surface area contributed by atoms with Crippen LogP contribution in [0.3, 0.4) is 0 Å². The molecule has 11 heteroatoms. The van der Waals surface area contributed by atoms with Crippen LogP contribution in [0.4, 0.5) is 5.00 Å². The van der Waals surface area contributed by atoms with E-state index in [1.807, 2.05) is 0 Å². The van der Waals surface area contributed by atoms with Gasteiger partial charge in [-0.15, -0.1) is 11.3 Å². The summed E-state index contributed by atoms with van der Waals surface area (Å²) in [7, 11) is -3.57. The maximum atomic E-state index is 12.6. The van der Waals surface area contributed by atoms with Crippen LogP contribution in [0.5, 0.6) is 0 Å². The third-order valence-electron chi connectivity index (χ3n) is 5.80. The van der Waals surface area contributed by atoms with Gasteiger partial charge in [-0.2, -0.15) is 4.31 Å². The summed E-state index contributed by atoms with van der Waals surface area (Å²) >= 11 is 1.33. The SMILES string of the molecule is NC(=O)c1c(NC(=O)COC(=O)c2ccc(S(=O)(=O)N3CCCC3)cc2)sc2c1CCCC2. The summed E-state index contributed by atoms with van der Waals surface area (Å²) in [6, 6.07) is 5.45. The van der Waals surface area contributed by atoms with Crippen LogP contribution in [0.15, 0.2) is 29.2 Å².